The Labute approximate surface area is 95.7 Å². The van der Waals surface area contributed by atoms with E-state index in [-0.39, 0.29) is 0 Å². The summed E-state index contributed by atoms with van der Waals surface area (Å²) < 4.78 is 29.4. The van der Waals surface area contributed by atoms with Crippen LogP contribution in [0.25, 0.3) is 0 Å². The predicted molar refractivity (Wildman–Crippen MR) is 61.6 cm³/mol. The number of aryl methyl sites for hydroxylation is 1. The van der Waals surface area contributed by atoms with Gasteiger partial charge in [-0.2, -0.15) is 0 Å². The Morgan fingerprint density at radius 2 is 1.88 bits per heavy atom. The second-order valence-corrected chi connectivity index (χ2v) is 5.88. The van der Waals surface area contributed by atoms with Crippen molar-refractivity contribution in [3.8, 4) is 0 Å². The van der Waals surface area contributed by atoms with Gasteiger partial charge in [0.05, 0.1) is 22.7 Å². The van der Waals surface area contributed by atoms with Gasteiger partial charge in [0.2, 0.25) is 9.84 Å². The summed E-state index contributed by atoms with van der Waals surface area (Å²) in [5.41, 5.74) is 1.05. The van der Waals surface area contributed by atoms with Crippen molar-refractivity contribution in [2.24, 2.45) is 0 Å². The van der Waals surface area contributed by atoms with Crippen molar-refractivity contribution in [2.45, 2.75) is 24.7 Å². The van der Waals surface area contributed by atoms with E-state index in [2.05, 4.69) is 0 Å². The van der Waals surface area contributed by atoms with Crippen LogP contribution in [0, 0.1) is 6.92 Å². The Hall–Kier alpha value is -1.29. The average Bonchev–Trinajstić information content (AvgIpc) is 2.31. The van der Waals surface area contributed by atoms with E-state index >= 15 is 0 Å². The molecule has 1 aromatic carbocycles. The molecule has 0 N–H and O–H groups in total. The van der Waals surface area contributed by atoms with E-state index in [1.165, 1.54) is 6.26 Å². The summed E-state index contributed by atoms with van der Waals surface area (Å²) in [5.74, 6) is 0. The first-order valence-corrected chi connectivity index (χ1v) is 6.71. The Morgan fingerprint density at radius 3 is 2.44 bits per heavy atom. The Kier molecular flexibility index (Phi) is 3.01. The molecule has 1 aliphatic rings. The third-order valence-electron chi connectivity index (χ3n) is 2.58. The van der Waals surface area contributed by atoms with Crippen LogP contribution in [0.4, 0.5) is 0 Å². The fourth-order valence-corrected chi connectivity index (χ4v) is 3.01. The minimum absolute atomic E-state index is 0.342. The summed E-state index contributed by atoms with van der Waals surface area (Å²) in [6, 6.07) is 6.88. The maximum Gasteiger partial charge on any atom is 0.205 e. The van der Waals surface area contributed by atoms with Crippen molar-refractivity contribution in [1.29, 1.82) is 0 Å². The van der Waals surface area contributed by atoms with Crippen LogP contribution in [0.15, 0.2) is 40.3 Å². The molecule has 0 saturated carbocycles. The van der Waals surface area contributed by atoms with E-state index in [9.17, 15) is 8.42 Å². The summed E-state index contributed by atoms with van der Waals surface area (Å²) in [5, 5.41) is 0. The Morgan fingerprint density at radius 1 is 1.19 bits per heavy atom. The highest BCUT2D eigenvalue weighted by Crippen LogP contribution is 2.25. The number of rotatable bonds is 2. The van der Waals surface area contributed by atoms with Crippen molar-refractivity contribution in [2.75, 3.05) is 6.61 Å². The van der Waals surface area contributed by atoms with Crippen LogP contribution < -0.4 is 0 Å². The molecule has 0 saturated heterocycles. The molecule has 3 nitrogen and oxygen atoms in total. The van der Waals surface area contributed by atoms with Crippen LogP contribution in [-0.4, -0.2) is 15.0 Å². The van der Waals surface area contributed by atoms with Gasteiger partial charge in [-0.15, -0.1) is 0 Å². The first-order chi connectivity index (χ1) is 7.60. The summed E-state index contributed by atoms with van der Waals surface area (Å²) in [4.78, 5) is 0.720. The van der Waals surface area contributed by atoms with Crippen LogP contribution in [0.2, 0.25) is 0 Å². The Bertz CT molecular complexity index is 498. The van der Waals surface area contributed by atoms with Crippen molar-refractivity contribution >= 4 is 9.84 Å². The average molecular weight is 238 g/mol. The fourth-order valence-electron chi connectivity index (χ4n) is 1.61. The molecule has 4 heteroatoms. The van der Waals surface area contributed by atoms with Gasteiger partial charge >= 0.3 is 0 Å². The second-order valence-electron chi connectivity index (χ2n) is 3.87. The van der Waals surface area contributed by atoms with Gasteiger partial charge in [0, 0.05) is 0 Å². The highest BCUT2D eigenvalue weighted by molar-refractivity contribution is 7.95. The molecule has 1 aromatic rings. The molecule has 1 aliphatic heterocycles. The standard InChI is InChI=1S/C12H14O3S/c1-10-4-6-11(7-5-10)16(13,14)12-3-2-8-15-9-12/h4-7,9H,2-3,8H2,1H3. The van der Waals surface area contributed by atoms with E-state index in [1.54, 1.807) is 24.3 Å². The number of sulfone groups is 1. The van der Waals surface area contributed by atoms with E-state index in [4.69, 9.17) is 4.74 Å². The number of hydrogen-bond donors (Lipinski definition) is 0. The van der Waals surface area contributed by atoms with Gasteiger partial charge in [0.1, 0.15) is 0 Å². The minimum Gasteiger partial charge on any atom is -0.500 e. The lowest BCUT2D eigenvalue weighted by atomic mass is 10.2. The molecule has 0 spiro atoms. The normalized spacial score (nSPS) is 16.4. The van der Waals surface area contributed by atoms with Crippen LogP contribution in [0.3, 0.4) is 0 Å². The molecule has 0 fully saturated rings. The Balaban J connectivity index is 2.38. The van der Waals surface area contributed by atoms with Crippen LogP contribution >= 0.6 is 0 Å². The molecule has 0 bridgehead atoms. The SMILES string of the molecule is Cc1ccc(S(=O)(=O)C2=COCCC2)cc1. The molecule has 0 atom stereocenters. The molecule has 0 aliphatic carbocycles. The molecule has 2 rings (SSSR count). The van der Waals surface area contributed by atoms with E-state index in [0.29, 0.717) is 22.8 Å². The fraction of sp³-hybridized carbons (Fsp3) is 0.333. The number of benzene rings is 1. The van der Waals surface area contributed by atoms with Gasteiger partial charge in [-0.05, 0) is 31.9 Å². The van der Waals surface area contributed by atoms with Gasteiger partial charge in [-0.3, -0.25) is 0 Å². The first kappa shape index (κ1) is 11.2. The highest BCUT2D eigenvalue weighted by atomic mass is 32.2. The van der Waals surface area contributed by atoms with Crippen molar-refractivity contribution in [3.05, 3.63) is 41.0 Å². The minimum atomic E-state index is -3.34. The predicted octanol–water partition coefficient (Wildman–Crippen LogP) is 2.42. The zero-order valence-corrected chi connectivity index (χ0v) is 9.96. The molecule has 0 radical (unpaired) electrons. The molecular formula is C12H14O3S. The van der Waals surface area contributed by atoms with Gasteiger partial charge < -0.3 is 4.74 Å². The molecule has 1 heterocycles. The van der Waals surface area contributed by atoms with E-state index in [0.717, 1.165) is 12.0 Å². The highest BCUT2D eigenvalue weighted by Gasteiger charge is 2.22. The van der Waals surface area contributed by atoms with Gasteiger partial charge in [0.25, 0.3) is 0 Å². The maximum atomic E-state index is 12.2. The monoisotopic (exact) mass is 238 g/mol. The molecule has 0 amide bonds. The third-order valence-corrected chi connectivity index (χ3v) is 4.46. The number of allylic oxidation sites excluding steroid dienone is 1. The lowest BCUT2D eigenvalue weighted by molar-refractivity contribution is 0.228. The lowest BCUT2D eigenvalue weighted by Crippen LogP contribution is -2.10. The van der Waals surface area contributed by atoms with Gasteiger partial charge in [0.15, 0.2) is 0 Å². The number of hydrogen-bond acceptors (Lipinski definition) is 3. The van der Waals surface area contributed by atoms with Crippen molar-refractivity contribution in [3.63, 3.8) is 0 Å². The van der Waals surface area contributed by atoms with E-state index in [1.807, 2.05) is 6.92 Å². The topological polar surface area (TPSA) is 43.4 Å². The third kappa shape index (κ3) is 2.11. The maximum absolute atomic E-state index is 12.2. The summed E-state index contributed by atoms with van der Waals surface area (Å²) in [6.07, 6.45) is 2.70. The van der Waals surface area contributed by atoms with Gasteiger partial charge in [-0.1, -0.05) is 17.7 Å². The lowest BCUT2D eigenvalue weighted by Gasteiger charge is -2.14. The van der Waals surface area contributed by atoms with Crippen LogP contribution in [-0.2, 0) is 14.6 Å². The quantitative estimate of drug-likeness (QED) is 0.794. The van der Waals surface area contributed by atoms with Crippen molar-refractivity contribution in [1.82, 2.24) is 0 Å². The summed E-state index contributed by atoms with van der Waals surface area (Å²) >= 11 is 0. The van der Waals surface area contributed by atoms with E-state index < -0.39 is 9.84 Å². The number of ether oxygens (including phenoxy) is 1. The molecule has 86 valence electrons. The molecule has 0 unspecified atom stereocenters. The first-order valence-electron chi connectivity index (χ1n) is 5.23. The second kappa shape index (κ2) is 4.29. The van der Waals surface area contributed by atoms with Crippen LogP contribution in [0.1, 0.15) is 18.4 Å². The zero-order chi connectivity index (χ0) is 11.6. The zero-order valence-electron chi connectivity index (χ0n) is 9.14. The molecular weight excluding hydrogens is 224 g/mol. The summed E-state index contributed by atoms with van der Waals surface area (Å²) in [6.45, 7) is 2.53. The smallest absolute Gasteiger partial charge is 0.205 e. The van der Waals surface area contributed by atoms with Crippen LogP contribution in [0.5, 0.6) is 0 Å². The summed E-state index contributed by atoms with van der Waals surface area (Å²) in [7, 11) is -3.34. The van der Waals surface area contributed by atoms with Crippen molar-refractivity contribution < 1.29 is 13.2 Å². The molecule has 16 heavy (non-hydrogen) atoms. The largest absolute Gasteiger partial charge is 0.500 e. The molecule has 0 aromatic heterocycles. The van der Waals surface area contributed by atoms with Gasteiger partial charge in [-0.25, -0.2) is 8.42 Å².